The van der Waals surface area contributed by atoms with Crippen LogP contribution >= 0.6 is 0 Å². The smallest absolute Gasteiger partial charge is 0.0459 e. The number of unbranched alkanes of at least 4 members (excludes halogenated alkanes) is 4. The molecule has 0 amide bonds. The largest absolute Gasteiger partial charge is 0.396 e. The average molecular weight is 186 g/mol. The van der Waals surface area contributed by atoms with Crippen LogP contribution in [0, 0.1) is 5.92 Å². The van der Waals surface area contributed by atoms with E-state index < -0.39 is 0 Å². The van der Waals surface area contributed by atoms with Crippen LogP contribution in [0.25, 0.3) is 0 Å². The van der Waals surface area contributed by atoms with Crippen LogP contribution in [0.2, 0.25) is 0 Å². The molecular weight excluding hydrogens is 160 g/mol. The Kier molecular flexibility index (Phi) is 10.0. The predicted octanol–water partition coefficient (Wildman–Crippen LogP) is 3.76. The SMILES string of the molecule is CCCCCCCC(CO)CCC. The standard InChI is InChI=1S/C12H26O/c1-3-5-6-7-8-10-12(11-13)9-4-2/h12-13H,3-11H2,1-2H3. The molecule has 0 radical (unpaired) electrons. The molecule has 0 aromatic carbocycles. The number of aliphatic hydroxyl groups is 1. The summed E-state index contributed by atoms with van der Waals surface area (Å²) in [5.41, 5.74) is 0. The van der Waals surface area contributed by atoms with Gasteiger partial charge >= 0.3 is 0 Å². The van der Waals surface area contributed by atoms with Crippen LogP contribution in [0.15, 0.2) is 0 Å². The molecule has 0 bridgehead atoms. The summed E-state index contributed by atoms with van der Waals surface area (Å²) >= 11 is 0. The lowest BCUT2D eigenvalue weighted by Gasteiger charge is -2.11. The lowest BCUT2D eigenvalue weighted by Crippen LogP contribution is -2.05. The summed E-state index contributed by atoms with van der Waals surface area (Å²) in [6.45, 7) is 4.83. The van der Waals surface area contributed by atoms with E-state index in [1.165, 1.54) is 51.4 Å². The van der Waals surface area contributed by atoms with Crippen molar-refractivity contribution >= 4 is 0 Å². The molecule has 0 spiro atoms. The van der Waals surface area contributed by atoms with E-state index >= 15 is 0 Å². The van der Waals surface area contributed by atoms with Crippen molar-refractivity contribution in [1.29, 1.82) is 0 Å². The van der Waals surface area contributed by atoms with Gasteiger partial charge in [0, 0.05) is 6.61 Å². The Morgan fingerprint density at radius 3 is 2.08 bits per heavy atom. The van der Waals surface area contributed by atoms with Crippen LogP contribution in [-0.2, 0) is 0 Å². The van der Waals surface area contributed by atoms with Crippen molar-refractivity contribution in [2.24, 2.45) is 5.92 Å². The summed E-state index contributed by atoms with van der Waals surface area (Å²) in [5, 5.41) is 9.06. The number of hydrogen-bond donors (Lipinski definition) is 1. The maximum absolute atomic E-state index is 9.06. The summed E-state index contributed by atoms with van der Waals surface area (Å²) < 4.78 is 0. The third-order valence-electron chi connectivity index (χ3n) is 2.67. The Hall–Kier alpha value is -0.0400. The Morgan fingerprint density at radius 1 is 0.846 bits per heavy atom. The first-order valence-electron chi connectivity index (χ1n) is 5.96. The minimum atomic E-state index is 0.390. The number of hydrogen-bond acceptors (Lipinski definition) is 1. The Morgan fingerprint density at radius 2 is 1.54 bits per heavy atom. The van der Waals surface area contributed by atoms with Gasteiger partial charge in [0.25, 0.3) is 0 Å². The average Bonchev–Trinajstić information content (AvgIpc) is 2.16. The summed E-state index contributed by atoms with van der Waals surface area (Å²) in [5.74, 6) is 0.576. The van der Waals surface area contributed by atoms with Gasteiger partial charge in [0.2, 0.25) is 0 Å². The molecule has 1 atom stereocenters. The number of rotatable bonds is 9. The van der Waals surface area contributed by atoms with E-state index in [1.54, 1.807) is 0 Å². The third-order valence-corrected chi connectivity index (χ3v) is 2.67. The molecule has 0 aromatic heterocycles. The molecule has 0 aliphatic rings. The van der Waals surface area contributed by atoms with E-state index in [4.69, 9.17) is 5.11 Å². The molecule has 1 heteroatoms. The molecule has 0 saturated heterocycles. The predicted molar refractivity (Wildman–Crippen MR) is 58.9 cm³/mol. The summed E-state index contributed by atoms with van der Waals surface area (Å²) in [6.07, 6.45) is 10.4. The van der Waals surface area contributed by atoms with E-state index in [0.717, 1.165) is 0 Å². The molecule has 1 N–H and O–H groups in total. The molecule has 0 heterocycles. The molecular formula is C12H26O. The third kappa shape index (κ3) is 8.29. The summed E-state index contributed by atoms with van der Waals surface area (Å²) in [7, 11) is 0. The van der Waals surface area contributed by atoms with Crippen molar-refractivity contribution in [3.05, 3.63) is 0 Å². The fraction of sp³-hybridized carbons (Fsp3) is 1.00. The van der Waals surface area contributed by atoms with Crippen molar-refractivity contribution < 1.29 is 5.11 Å². The van der Waals surface area contributed by atoms with Crippen molar-refractivity contribution in [2.45, 2.75) is 65.2 Å². The highest BCUT2D eigenvalue weighted by molar-refractivity contribution is 4.57. The Labute approximate surface area is 83.5 Å². The molecule has 0 fully saturated rings. The highest BCUT2D eigenvalue weighted by Crippen LogP contribution is 2.15. The van der Waals surface area contributed by atoms with Gasteiger partial charge in [0.05, 0.1) is 0 Å². The van der Waals surface area contributed by atoms with Gasteiger partial charge in [-0.05, 0) is 18.8 Å². The van der Waals surface area contributed by atoms with Crippen LogP contribution in [-0.4, -0.2) is 11.7 Å². The fourth-order valence-corrected chi connectivity index (χ4v) is 1.77. The monoisotopic (exact) mass is 186 g/mol. The topological polar surface area (TPSA) is 20.2 Å². The molecule has 0 aliphatic carbocycles. The molecule has 0 aliphatic heterocycles. The van der Waals surface area contributed by atoms with Crippen molar-refractivity contribution in [1.82, 2.24) is 0 Å². The zero-order valence-corrected chi connectivity index (χ0v) is 9.39. The van der Waals surface area contributed by atoms with Gasteiger partial charge in [-0.25, -0.2) is 0 Å². The van der Waals surface area contributed by atoms with Gasteiger partial charge in [0.1, 0.15) is 0 Å². The molecule has 0 aromatic rings. The zero-order chi connectivity index (χ0) is 9.94. The molecule has 1 unspecified atom stereocenters. The van der Waals surface area contributed by atoms with E-state index in [0.29, 0.717) is 12.5 Å². The fourth-order valence-electron chi connectivity index (χ4n) is 1.77. The molecule has 0 rings (SSSR count). The lowest BCUT2D eigenvalue weighted by atomic mass is 9.97. The maximum atomic E-state index is 9.06. The van der Waals surface area contributed by atoms with E-state index in [1.807, 2.05) is 0 Å². The molecule has 80 valence electrons. The summed E-state index contributed by atoms with van der Waals surface area (Å²) in [6, 6.07) is 0. The van der Waals surface area contributed by atoms with E-state index in [2.05, 4.69) is 13.8 Å². The van der Waals surface area contributed by atoms with Gasteiger partial charge in [-0.3, -0.25) is 0 Å². The molecule has 13 heavy (non-hydrogen) atoms. The van der Waals surface area contributed by atoms with Crippen molar-refractivity contribution in [3.8, 4) is 0 Å². The second kappa shape index (κ2) is 10.0. The van der Waals surface area contributed by atoms with Crippen molar-refractivity contribution in [3.63, 3.8) is 0 Å². The Bertz CT molecular complexity index is 91.1. The minimum absolute atomic E-state index is 0.390. The second-order valence-electron chi connectivity index (χ2n) is 4.04. The Balaban J connectivity index is 3.17. The lowest BCUT2D eigenvalue weighted by molar-refractivity contribution is 0.206. The zero-order valence-electron chi connectivity index (χ0n) is 9.39. The first kappa shape index (κ1) is 13.0. The summed E-state index contributed by atoms with van der Waals surface area (Å²) in [4.78, 5) is 0. The highest BCUT2D eigenvalue weighted by Gasteiger charge is 2.04. The van der Waals surface area contributed by atoms with Crippen LogP contribution in [0.5, 0.6) is 0 Å². The second-order valence-corrected chi connectivity index (χ2v) is 4.04. The van der Waals surface area contributed by atoms with Gasteiger partial charge < -0.3 is 5.11 Å². The minimum Gasteiger partial charge on any atom is -0.396 e. The number of aliphatic hydroxyl groups excluding tert-OH is 1. The molecule has 1 nitrogen and oxygen atoms in total. The van der Waals surface area contributed by atoms with Crippen LogP contribution in [0.3, 0.4) is 0 Å². The maximum Gasteiger partial charge on any atom is 0.0459 e. The quantitative estimate of drug-likeness (QED) is 0.544. The first-order chi connectivity index (χ1) is 6.35. The van der Waals surface area contributed by atoms with E-state index in [-0.39, 0.29) is 0 Å². The van der Waals surface area contributed by atoms with Crippen molar-refractivity contribution in [2.75, 3.05) is 6.61 Å². The van der Waals surface area contributed by atoms with Gasteiger partial charge in [-0.15, -0.1) is 0 Å². The van der Waals surface area contributed by atoms with Gasteiger partial charge in [-0.2, -0.15) is 0 Å². The van der Waals surface area contributed by atoms with E-state index in [9.17, 15) is 0 Å². The van der Waals surface area contributed by atoms with Crippen LogP contribution in [0.4, 0.5) is 0 Å². The highest BCUT2D eigenvalue weighted by atomic mass is 16.3. The van der Waals surface area contributed by atoms with Crippen LogP contribution < -0.4 is 0 Å². The normalized spacial score (nSPS) is 13.2. The van der Waals surface area contributed by atoms with Gasteiger partial charge in [0.15, 0.2) is 0 Å². The first-order valence-corrected chi connectivity index (χ1v) is 5.96. The van der Waals surface area contributed by atoms with Gasteiger partial charge in [-0.1, -0.05) is 52.4 Å². The molecule has 0 saturated carbocycles. The van der Waals surface area contributed by atoms with Crippen LogP contribution in [0.1, 0.15) is 65.2 Å².